The number of hydrogen-bond donors (Lipinski definition) is 0. The summed E-state index contributed by atoms with van der Waals surface area (Å²) in [7, 11) is 0. The number of halogens is 2. The number of alkyl halides is 1. The Morgan fingerprint density at radius 1 is 1.29 bits per heavy atom. The maximum absolute atomic E-state index is 10.9. The van der Waals surface area contributed by atoms with Gasteiger partial charge in [0, 0.05) is 16.8 Å². The first kappa shape index (κ1) is 18.4. The summed E-state index contributed by atoms with van der Waals surface area (Å²) in [6, 6.07) is 4.87. The van der Waals surface area contributed by atoms with Crippen LogP contribution in [0.5, 0.6) is 5.75 Å². The van der Waals surface area contributed by atoms with Crippen LogP contribution >= 0.6 is 31.9 Å². The summed E-state index contributed by atoms with van der Waals surface area (Å²) in [6.45, 7) is 4.88. The Morgan fingerprint density at radius 2 is 1.90 bits per heavy atom. The molecule has 4 nitrogen and oxygen atoms in total. The fourth-order valence-electron chi connectivity index (χ4n) is 2.48. The molecule has 0 radical (unpaired) electrons. The van der Waals surface area contributed by atoms with Gasteiger partial charge in [0.25, 0.3) is 5.69 Å². The molecule has 1 aromatic carbocycles. The Bertz CT molecular complexity index is 474. The maximum atomic E-state index is 10.9. The molecule has 0 amide bonds. The van der Waals surface area contributed by atoms with E-state index >= 15 is 0 Å². The zero-order valence-electron chi connectivity index (χ0n) is 12.4. The standard InChI is InChI=1S/C15H21Br2NO3/c1-3-8-15(10-16,9-4-2)11-21-13-7-5-6-12(14(13)17)18(19)20/h5-7H,3-4,8-11H2,1-2H3. The fraction of sp³-hybridized carbons (Fsp3) is 0.600. The molecule has 0 spiro atoms. The lowest BCUT2D eigenvalue weighted by Gasteiger charge is -2.31. The van der Waals surface area contributed by atoms with Crippen molar-refractivity contribution >= 4 is 37.5 Å². The summed E-state index contributed by atoms with van der Waals surface area (Å²) >= 11 is 6.88. The highest BCUT2D eigenvalue weighted by molar-refractivity contribution is 9.10. The third-order valence-corrected chi connectivity index (χ3v) is 5.50. The van der Waals surface area contributed by atoms with E-state index in [9.17, 15) is 10.1 Å². The van der Waals surface area contributed by atoms with Crippen molar-refractivity contribution in [2.24, 2.45) is 5.41 Å². The maximum Gasteiger partial charge on any atom is 0.287 e. The van der Waals surface area contributed by atoms with Crippen LogP contribution in [0, 0.1) is 15.5 Å². The van der Waals surface area contributed by atoms with Crippen LogP contribution in [0.25, 0.3) is 0 Å². The third kappa shape index (κ3) is 4.95. The molecule has 0 saturated carbocycles. The summed E-state index contributed by atoms with van der Waals surface area (Å²) in [4.78, 5) is 10.5. The predicted molar refractivity (Wildman–Crippen MR) is 92.3 cm³/mol. The molecule has 0 bridgehead atoms. The molecule has 1 aromatic rings. The van der Waals surface area contributed by atoms with Crippen molar-refractivity contribution < 1.29 is 9.66 Å². The second kappa shape index (κ2) is 8.73. The average Bonchev–Trinajstić information content (AvgIpc) is 2.46. The SMILES string of the molecule is CCCC(CBr)(CCC)COc1cccc([N+](=O)[O-])c1Br. The molecule has 21 heavy (non-hydrogen) atoms. The topological polar surface area (TPSA) is 52.4 Å². The minimum atomic E-state index is -0.410. The highest BCUT2D eigenvalue weighted by Crippen LogP contribution is 2.37. The zero-order chi connectivity index (χ0) is 15.9. The van der Waals surface area contributed by atoms with Crippen molar-refractivity contribution in [1.29, 1.82) is 0 Å². The van der Waals surface area contributed by atoms with Gasteiger partial charge in [-0.15, -0.1) is 0 Å². The molecule has 6 heteroatoms. The molecule has 0 atom stereocenters. The second-order valence-corrected chi connectivity index (χ2v) is 6.62. The summed E-state index contributed by atoms with van der Waals surface area (Å²) < 4.78 is 6.32. The minimum absolute atomic E-state index is 0.0305. The quantitative estimate of drug-likeness (QED) is 0.290. The Kier molecular flexibility index (Phi) is 7.66. The first-order chi connectivity index (χ1) is 9.99. The molecule has 1 rings (SSSR count). The van der Waals surface area contributed by atoms with Gasteiger partial charge in [0.05, 0.1) is 11.5 Å². The summed E-state index contributed by atoms with van der Waals surface area (Å²) in [5, 5.41) is 11.8. The third-order valence-electron chi connectivity index (χ3n) is 3.52. The monoisotopic (exact) mass is 421 g/mol. The van der Waals surface area contributed by atoms with Gasteiger partial charge in [-0.1, -0.05) is 48.7 Å². The fourth-order valence-corrected chi connectivity index (χ4v) is 3.73. The van der Waals surface area contributed by atoms with E-state index in [1.165, 1.54) is 6.07 Å². The number of ether oxygens (including phenoxy) is 1. The Hall–Kier alpha value is -0.620. The second-order valence-electron chi connectivity index (χ2n) is 5.27. The van der Waals surface area contributed by atoms with E-state index in [-0.39, 0.29) is 11.1 Å². The van der Waals surface area contributed by atoms with Gasteiger partial charge in [-0.05, 0) is 34.8 Å². The van der Waals surface area contributed by atoms with Gasteiger partial charge < -0.3 is 4.74 Å². The smallest absolute Gasteiger partial charge is 0.287 e. The van der Waals surface area contributed by atoms with Crippen molar-refractivity contribution in [3.8, 4) is 5.75 Å². The molecular weight excluding hydrogens is 402 g/mol. The van der Waals surface area contributed by atoms with Gasteiger partial charge >= 0.3 is 0 Å². The first-order valence-corrected chi connectivity index (χ1v) is 9.02. The van der Waals surface area contributed by atoms with Gasteiger partial charge in [-0.25, -0.2) is 0 Å². The van der Waals surface area contributed by atoms with Gasteiger partial charge in [-0.2, -0.15) is 0 Å². The number of hydrogen-bond acceptors (Lipinski definition) is 3. The van der Waals surface area contributed by atoms with Gasteiger partial charge in [0.1, 0.15) is 10.2 Å². The van der Waals surface area contributed by atoms with Crippen molar-refractivity contribution in [2.75, 3.05) is 11.9 Å². The van der Waals surface area contributed by atoms with Gasteiger partial charge in [0.15, 0.2) is 0 Å². The van der Waals surface area contributed by atoms with Crippen LogP contribution < -0.4 is 4.74 Å². The van der Waals surface area contributed by atoms with Crippen LogP contribution in [0.15, 0.2) is 22.7 Å². The lowest BCUT2D eigenvalue weighted by molar-refractivity contribution is -0.385. The van der Waals surface area contributed by atoms with Gasteiger partial charge in [0.2, 0.25) is 0 Å². The Balaban J connectivity index is 2.90. The molecule has 118 valence electrons. The largest absolute Gasteiger partial charge is 0.492 e. The van der Waals surface area contributed by atoms with E-state index < -0.39 is 4.92 Å². The number of nitrogens with zero attached hydrogens (tertiary/aromatic N) is 1. The van der Waals surface area contributed by atoms with E-state index in [4.69, 9.17) is 4.74 Å². The number of rotatable bonds is 9. The van der Waals surface area contributed by atoms with Gasteiger partial charge in [-0.3, -0.25) is 10.1 Å². The molecule has 0 aromatic heterocycles. The minimum Gasteiger partial charge on any atom is -0.492 e. The van der Waals surface area contributed by atoms with E-state index in [0.717, 1.165) is 31.0 Å². The average molecular weight is 423 g/mol. The van der Waals surface area contributed by atoms with Crippen LogP contribution in [0.1, 0.15) is 39.5 Å². The van der Waals surface area contributed by atoms with Crippen molar-refractivity contribution in [1.82, 2.24) is 0 Å². The summed E-state index contributed by atoms with van der Waals surface area (Å²) in [6.07, 6.45) is 4.31. The predicted octanol–water partition coefficient (Wildman–Crippen LogP) is 5.72. The molecule has 0 fully saturated rings. The van der Waals surface area contributed by atoms with Crippen LogP contribution in [0.4, 0.5) is 5.69 Å². The highest BCUT2D eigenvalue weighted by Gasteiger charge is 2.29. The van der Waals surface area contributed by atoms with E-state index in [2.05, 4.69) is 45.7 Å². The zero-order valence-corrected chi connectivity index (χ0v) is 15.6. The normalized spacial score (nSPS) is 11.4. The molecule has 0 N–H and O–H groups in total. The molecule has 0 aliphatic carbocycles. The van der Waals surface area contributed by atoms with Crippen LogP contribution in [-0.4, -0.2) is 16.9 Å². The highest BCUT2D eigenvalue weighted by atomic mass is 79.9. The van der Waals surface area contributed by atoms with Crippen molar-refractivity contribution in [3.05, 3.63) is 32.8 Å². The Labute approximate surface area is 142 Å². The van der Waals surface area contributed by atoms with Crippen molar-refractivity contribution in [3.63, 3.8) is 0 Å². The van der Waals surface area contributed by atoms with Crippen LogP contribution in [0.2, 0.25) is 0 Å². The lowest BCUT2D eigenvalue weighted by atomic mass is 9.82. The number of nitro benzene ring substituents is 1. The molecule has 0 heterocycles. The first-order valence-electron chi connectivity index (χ1n) is 7.11. The van der Waals surface area contributed by atoms with Crippen molar-refractivity contribution in [2.45, 2.75) is 39.5 Å². The molecule has 0 saturated heterocycles. The van der Waals surface area contributed by atoms with E-state index in [0.29, 0.717) is 16.8 Å². The molecular formula is C15H21Br2NO3. The molecule has 0 aliphatic heterocycles. The van der Waals surface area contributed by atoms with E-state index in [1.807, 2.05) is 0 Å². The van der Waals surface area contributed by atoms with E-state index in [1.54, 1.807) is 12.1 Å². The van der Waals surface area contributed by atoms with Crippen LogP contribution in [0.3, 0.4) is 0 Å². The molecule has 0 unspecified atom stereocenters. The summed E-state index contributed by atoms with van der Waals surface area (Å²) in [5.74, 6) is 0.529. The molecule has 0 aliphatic rings. The van der Waals surface area contributed by atoms with Crippen LogP contribution in [-0.2, 0) is 0 Å². The number of benzene rings is 1. The summed E-state index contributed by atoms with van der Waals surface area (Å²) in [5.41, 5.74) is 0.107. The lowest BCUT2D eigenvalue weighted by Crippen LogP contribution is -2.30. The Morgan fingerprint density at radius 3 is 2.38 bits per heavy atom. The number of nitro groups is 1.